The van der Waals surface area contributed by atoms with Gasteiger partial charge in [0.15, 0.2) is 0 Å². The van der Waals surface area contributed by atoms with Crippen LogP contribution in [0.2, 0.25) is 0 Å². The summed E-state index contributed by atoms with van der Waals surface area (Å²) in [6.07, 6.45) is 1.64. The zero-order valence-electron chi connectivity index (χ0n) is 11.3. The van der Waals surface area contributed by atoms with Crippen LogP contribution in [0.15, 0.2) is 36.9 Å². The minimum atomic E-state index is -5.74. The molecule has 5 nitrogen and oxygen atoms in total. The number of alkyl halides is 3. The second kappa shape index (κ2) is 5.48. The first-order valence-electron chi connectivity index (χ1n) is 5.92. The molecular weight excluding hydrogens is 321 g/mol. The Morgan fingerprint density at radius 2 is 1.86 bits per heavy atom. The van der Waals surface area contributed by atoms with Gasteiger partial charge in [0.25, 0.3) is 5.88 Å². The molecule has 118 valence electrons. The molecule has 2 aromatic rings. The molecule has 0 radical (unpaired) electrons. The van der Waals surface area contributed by atoms with Crippen molar-refractivity contribution in [3.8, 4) is 17.1 Å². The molecule has 0 aliphatic carbocycles. The maximum Gasteiger partial charge on any atom is 0.534 e. The van der Waals surface area contributed by atoms with Gasteiger partial charge in [-0.05, 0) is 11.1 Å². The predicted octanol–water partition coefficient (Wildman–Crippen LogP) is 2.96. The molecule has 0 amide bonds. The van der Waals surface area contributed by atoms with Crippen molar-refractivity contribution in [1.82, 2.24) is 9.78 Å². The molecule has 1 aromatic carbocycles. The molecule has 0 saturated heterocycles. The van der Waals surface area contributed by atoms with Crippen molar-refractivity contribution in [2.24, 2.45) is 7.05 Å². The van der Waals surface area contributed by atoms with Crippen LogP contribution in [0.5, 0.6) is 5.88 Å². The highest BCUT2D eigenvalue weighted by Crippen LogP contribution is 2.29. The van der Waals surface area contributed by atoms with E-state index in [4.69, 9.17) is 0 Å². The van der Waals surface area contributed by atoms with E-state index >= 15 is 0 Å². The monoisotopic (exact) mass is 332 g/mol. The Hall–Kier alpha value is -2.29. The second-order valence-corrected chi connectivity index (χ2v) is 5.84. The van der Waals surface area contributed by atoms with Crippen molar-refractivity contribution < 1.29 is 25.8 Å². The summed E-state index contributed by atoms with van der Waals surface area (Å²) >= 11 is 0. The number of halogens is 3. The first-order chi connectivity index (χ1) is 10.1. The molecule has 22 heavy (non-hydrogen) atoms. The van der Waals surface area contributed by atoms with Gasteiger partial charge in [0.1, 0.15) is 0 Å². The van der Waals surface area contributed by atoms with Gasteiger partial charge in [-0.25, -0.2) is 0 Å². The van der Waals surface area contributed by atoms with Crippen molar-refractivity contribution in [2.75, 3.05) is 0 Å². The molecular formula is C13H11F3N2O3S. The molecule has 1 heterocycles. The molecule has 0 bridgehead atoms. The normalized spacial score (nSPS) is 12.2. The van der Waals surface area contributed by atoms with Crippen LogP contribution in [0.25, 0.3) is 17.3 Å². The van der Waals surface area contributed by atoms with E-state index in [-0.39, 0.29) is 0 Å². The van der Waals surface area contributed by atoms with Gasteiger partial charge in [-0.3, -0.25) is 4.68 Å². The van der Waals surface area contributed by atoms with E-state index in [1.54, 1.807) is 30.3 Å². The topological polar surface area (TPSA) is 61.2 Å². The molecule has 9 heteroatoms. The third-order valence-electron chi connectivity index (χ3n) is 2.78. The first kappa shape index (κ1) is 16.1. The Bertz CT molecular complexity index is 793. The van der Waals surface area contributed by atoms with Crippen LogP contribution >= 0.6 is 0 Å². The summed E-state index contributed by atoms with van der Waals surface area (Å²) in [5, 5.41) is 3.62. The summed E-state index contributed by atoms with van der Waals surface area (Å²) in [5.74, 6) is -0.650. The lowest BCUT2D eigenvalue weighted by Gasteiger charge is -2.06. The van der Waals surface area contributed by atoms with Crippen molar-refractivity contribution >= 4 is 16.2 Å². The lowest BCUT2D eigenvalue weighted by Crippen LogP contribution is -2.28. The highest BCUT2D eigenvalue weighted by molar-refractivity contribution is 7.87. The number of hydrogen-bond acceptors (Lipinski definition) is 4. The smallest absolute Gasteiger partial charge is 0.354 e. The number of nitrogens with zero attached hydrogens (tertiary/aromatic N) is 2. The molecule has 1 aromatic heterocycles. The van der Waals surface area contributed by atoms with Gasteiger partial charge in [0.05, 0.1) is 5.69 Å². The maximum atomic E-state index is 12.3. The van der Waals surface area contributed by atoms with Gasteiger partial charge >= 0.3 is 15.6 Å². The standard InChI is InChI=1S/C13H11F3N2O3S/c1-3-9-4-6-10(7-5-9)11-8-12(17-18(11)2)21-22(19,20)13(14,15)16/h3-8H,1H2,2H3. The minimum Gasteiger partial charge on any atom is -0.354 e. The van der Waals surface area contributed by atoms with Gasteiger partial charge in [-0.1, -0.05) is 36.9 Å². The Labute approximate surface area is 124 Å². The number of rotatable bonds is 4. The number of benzene rings is 1. The van der Waals surface area contributed by atoms with Gasteiger partial charge < -0.3 is 4.18 Å². The van der Waals surface area contributed by atoms with E-state index < -0.39 is 21.5 Å². The van der Waals surface area contributed by atoms with Crippen molar-refractivity contribution in [3.05, 3.63) is 42.5 Å². The van der Waals surface area contributed by atoms with Gasteiger partial charge in [0.2, 0.25) is 0 Å². The average molecular weight is 332 g/mol. The van der Waals surface area contributed by atoms with Crippen LogP contribution in [0, 0.1) is 0 Å². The zero-order chi connectivity index (χ0) is 16.5. The van der Waals surface area contributed by atoms with E-state index in [1.165, 1.54) is 11.7 Å². The summed E-state index contributed by atoms with van der Waals surface area (Å²) in [5.41, 5.74) is -3.60. The van der Waals surface area contributed by atoms with Crippen molar-refractivity contribution in [2.45, 2.75) is 5.51 Å². The van der Waals surface area contributed by atoms with Crippen LogP contribution in [-0.2, 0) is 17.2 Å². The van der Waals surface area contributed by atoms with Gasteiger partial charge in [-0.15, -0.1) is 5.10 Å². The largest absolute Gasteiger partial charge is 0.534 e. The molecule has 0 fully saturated rings. The highest BCUT2D eigenvalue weighted by atomic mass is 32.2. The number of aromatic nitrogens is 2. The lowest BCUT2D eigenvalue weighted by molar-refractivity contribution is -0.0501. The third kappa shape index (κ3) is 3.14. The number of aryl methyl sites for hydroxylation is 1. The van der Waals surface area contributed by atoms with E-state index in [1.807, 2.05) is 0 Å². The van der Waals surface area contributed by atoms with Crippen molar-refractivity contribution in [1.29, 1.82) is 0 Å². The van der Waals surface area contributed by atoms with Gasteiger partial charge in [0, 0.05) is 13.1 Å². The highest BCUT2D eigenvalue weighted by Gasteiger charge is 2.49. The van der Waals surface area contributed by atoms with Gasteiger partial charge in [-0.2, -0.15) is 21.6 Å². The summed E-state index contributed by atoms with van der Waals surface area (Å²) in [7, 11) is -4.27. The Balaban J connectivity index is 2.34. The summed E-state index contributed by atoms with van der Waals surface area (Å²) in [6.45, 7) is 3.61. The van der Waals surface area contributed by atoms with Crippen LogP contribution in [0.3, 0.4) is 0 Å². The predicted molar refractivity (Wildman–Crippen MR) is 74.3 cm³/mol. The Morgan fingerprint density at radius 1 is 1.27 bits per heavy atom. The first-order valence-corrected chi connectivity index (χ1v) is 7.32. The lowest BCUT2D eigenvalue weighted by atomic mass is 10.1. The zero-order valence-corrected chi connectivity index (χ0v) is 12.1. The minimum absolute atomic E-state index is 0.406. The van der Waals surface area contributed by atoms with Crippen LogP contribution in [0.1, 0.15) is 5.56 Å². The van der Waals surface area contributed by atoms with E-state index in [0.717, 1.165) is 11.6 Å². The maximum absolute atomic E-state index is 12.3. The average Bonchev–Trinajstić information content (AvgIpc) is 2.77. The molecule has 0 saturated carbocycles. The SMILES string of the molecule is C=Cc1ccc(-c2cc(OS(=O)(=O)C(F)(F)F)nn2C)cc1. The third-order valence-corrected chi connectivity index (χ3v) is 3.74. The molecule has 0 N–H and O–H groups in total. The van der Waals surface area contributed by atoms with Crippen molar-refractivity contribution in [3.63, 3.8) is 0 Å². The fourth-order valence-electron chi connectivity index (χ4n) is 1.70. The van der Waals surface area contributed by atoms with Crippen LogP contribution < -0.4 is 4.18 Å². The molecule has 0 unspecified atom stereocenters. The molecule has 0 aliphatic heterocycles. The summed E-state index contributed by atoms with van der Waals surface area (Å²) < 4.78 is 64.0. The number of hydrogen-bond donors (Lipinski definition) is 0. The molecule has 0 spiro atoms. The fraction of sp³-hybridized carbons (Fsp3) is 0.154. The Kier molecular flexibility index (Phi) is 4.01. The second-order valence-electron chi connectivity index (χ2n) is 4.30. The van der Waals surface area contributed by atoms with Crippen LogP contribution in [0.4, 0.5) is 13.2 Å². The molecule has 2 rings (SSSR count). The quantitative estimate of drug-likeness (QED) is 0.638. The van der Waals surface area contributed by atoms with E-state index in [0.29, 0.717) is 11.3 Å². The fourth-order valence-corrected chi connectivity index (χ4v) is 2.10. The Morgan fingerprint density at radius 3 is 2.36 bits per heavy atom. The molecule has 0 atom stereocenters. The van der Waals surface area contributed by atoms with Crippen LogP contribution in [-0.4, -0.2) is 23.7 Å². The summed E-state index contributed by atoms with van der Waals surface area (Å²) in [4.78, 5) is 0. The molecule has 0 aliphatic rings. The summed E-state index contributed by atoms with van der Waals surface area (Å²) in [6, 6.07) is 8.03. The van der Waals surface area contributed by atoms with E-state index in [2.05, 4.69) is 15.9 Å². The van der Waals surface area contributed by atoms with E-state index in [9.17, 15) is 21.6 Å².